The number of ether oxygens (including phenoxy) is 1. The van der Waals surface area contributed by atoms with Gasteiger partial charge in [-0.05, 0) is 32.4 Å². The van der Waals surface area contributed by atoms with E-state index in [0.717, 1.165) is 39.1 Å². The second-order valence-corrected chi connectivity index (χ2v) is 3.08. The third kappa shape index (κ3) is 11.7. The van der Waals surface area contributed by atoms with E-state index in [0.29, 0.717) is 0 Å². The molecule has 0 aromatic rings. The van der Waals surface area contributed by atoms with Crippen LogP contribution in [0.5, 0.6) is 0 Å². The highest BCUT2D eigenvalue weighted by Crippen LogP contribution is 1.84. The molecule has 2 heteroatoms. The summed E-state index contributed by atoms with van der Waals surface area (Å²) in [5.41, 5.74) is 0. The molecule has 0 atom stereocenters. The fourth-order valence-corrected chi connectivity index (χ4v) is 0.969. The maximum absolute atomic E-state index is 5.30. The van der Waals surface area contributed by atoms with Crippen molar-refractivity contribution in [3.05, 3.63) is 12.2 Å². The van der Waals surface area contributed by atoms with Gasteiger partial charge in [-0.2, -0.15) is 0 Å². The SMILES string of the molecule is CCCNCCC=CCOCCC. The first-order chi connectivity index (χ1) is 6.41. The number of nitrogens with one attached hydrogen (secondary N) is 1. The van der Waals surface area contributed by atoms with Crippen LogP contribution in [0.2, 0.25) is 0 Å². The molecule has 1 N–H and O–H groups in total. The highest BCUT2D eigenvalue weighted by Gasteiger charge is 1.82. The molecule has 0 aliphatic rings. The molecule has 0 spiro atoms. The Morgan fingerprint density at radius 3 is 2.62 bits per heavy atom. The van der Waals surface area contributed by atoms with E-state index in [9.17, 15) is 0 Å². The van der Waals surface area contributed by atoms with Crippen LogP contribution >= 0.6 is 0 Å². The topological polar surface area (TPSA) is 21.3 Å². The Morgan fingerprint density at radius 2 is 1.92 bits per heavy atom. The van der Waals surface area contributed by atoms with Gasteiger partial charge < -0.3 is 10.1 Å². The lowest BCUT2D eigenvalue weighted by atomic mass is 10.3. The molecule has 0 aromatic heterocycles. The van der Waals surface area contributed by atoms with Gasteiger partial charge >= 0.3 is 0 Å². The van der Waals surface area contributed by atoms with Crippen molar-refractivity contribution in [2.24, 2.45) is 0 Å². The molecule has 0 aromatic carbocycles. The van der Waals surface area contributed by atoms with Crippen LogP contribution in [0.15, 0.2) is 12.2 Å². The van der Waals surface area contributed by atoms with Crippen LogP contribution in [-0.2, 0) is 4.74 Å². The van der Waals surface area contributed by atoms with Crippen molar-refractivity contribution in [3.63, 3.8) is 0 Å². The molecule has 0 saturated carbocycles. The van der Waals surface area contributed by atoms with Gasteiger partial charge in [0.1, 0.15) is 0 Å². The number of rotatable bonds is 9. The summed E-state index contributed by atoms with van der Waals surface area (Å²) >= 11 is 0. The van der Waals surface area contributed by atoms with Crippen LogP contribution in [0.1, 0.15) is 33.1 Å². The molecule has 2 nitrogen and oxygen atoms in total. The average molecular weight is 185 g/mol. The first-order valence-corrected chi connectivity index (χ1v) is 5.35. The van der Waals surface area contributed by atoms with Gasteiger partial charge in [0.05, 0.1) is 6.61 Å². The lowest BCUT2D eigenvalue weighted by Gasteiger charge is -1.98. The molecule has 0 heterocycles. The molecular weight excluding hydrogens is 162 g/mol. The lowest BCUT2D eigenvalue weighted by Crippen LogP contribution is -2.15. The van der Waals surface area contributed by atoms with Crippen molar-refractivity contribution in [2.75, 3.05) is 26.3 Å². The van der Waals surface area contributed by atoms with Crippen molar-refractivity contribution in [1.82, 2.24) is 5.32 Å². The summed E-state index contributed by atoms with van der Waals surface area (Å²) in [6.07, 6.45) is 7.70. The Balaban J connectivity index is 2.95. The minimum Gasteiger partial charge on any atom is -0.377 e. The highest BCUT2D eigenvalue weighted by molar-refractivity contribution is 4.81. The Kier molecular flexibility index (Phi) is 11.4. The number of hydrogen-bond acceptors (Lipinski definition) is 2. The molecule has 0 rings (SSSR count). The van der Waals surface area contributed by atoms with Gasteiger partial charge in [-0.1, -0.05) is 26.0 Å². The third-order valence-corrected chi connectivity index (χ3v) is 1.64. The molecule has 0 fully saturated rings. The molecule has 0 aliphatic heterocycles. The molecule has 13 heavy (non-hydrogen) atoms. The van der Waals surface area contributed by atoms with Crippen LogP contribution in [-0.4, -0.2) is 26.3 Å². The van der Waals surface area contributed by atoms with Gasteiger partial charge in [0.25, 0.3) is 0 Å². The molecule has 0 unspecified atom stereocenters. The molecule has 78 valence electrons. The summed E-state index contributed by atoms with van der Waals surface area (Å²) < 4.78 is 5.30. The van der Waals surface area contributed by atoms with E-state index in [1.165, 1.54) is 6.42 Å². The van der Waals surface area contributed by atoms with E-state index in [-0.39, 0.29) is 0 Å². The first-order valence-electron chi connectivity index (χ1n) is 5.35. The summed E-state index contributed by atoms with van der Waals surface area (Å²) in [4.78, 5) is 0. The van der Waals surface area contributed by atoms with Crippen LogP contribution in [0.4, 0.5) is 0 Å². The first kappa shape index (κ1) is 12.7. The van der Waals surface area contributed by atoms with Gasteiger partial charge in [0.2, 0.25) is 0 Å². The van der Waals surface area contributed by atoms with E-state index < -0.39 is 0 Å². The Hall–Kier alpha value is -0.340. The van der Waals surface area contributed by atoms with Crippen LogP contribution in [0, 0.1) is 0 Å². The minimum absolute atomic E-state index is 0.765. The maximum atomic E-state index is 5.30. The summed E-state index contributed by atoms with van der Waals surface area (Å²) in [7, 11) is 0. The molecule has 0 bridgehead atoms. The van der Waals surface area contributed by atoms with Crippen molar-refractivity contribution in [3.8, 4) is 0 Å². The van der Waals surface area contributed by atoms with Gasteiger partial charge in [-0.25, -0.2) is 0 Å². The van der Waals surface area contributed by atoms with Crippen LogP contribution in [0.3, 0.4) is 0 Å². The van der Waals surface area contributed by atoms with Crippen molar-refractivity contribution in [2.45, 2.75) is 33.1 Å². The molecule has 0 aliphatic carbocycles. The van der Waals surface area contributed by atoms with E-state index in [1.54, 1.807) is 0 Å². The quantitative estimate of drug-likeness (QED) is 0.440. The smallest absolute Gasteiger partial charge is 0.0647 e. The van der Waals surface area contributed by atoms with Crippen LogP contribution in [0.25, 0.3) is 0 Å². The Labute approximate surface area is 82.4 Å². The minimum atomic E-state index is 0.765. The zero-order valence-electron chi connectivity index (χ0n) is 9.01. The summed E-state index contributed by atoms with van der Waals surface area (Å²) in [6.45, 7) is 8.15. The standard InChI is InChI=1S/C11H23NO/c1-3-8-12-9-6-5-7-11-13-10-4-2/h5,7,12H,3-4,6,8-11H2,1-2H3. The maximum Gasteiger partial charge on any atom is 0.0647 e. The Bertz CT molecular complexity index is 113. The fourth-order valence-electron chi connectivity index (χ4n) is 0.969. The zero-order valence-corrected chi connectivity index (χ0v) is 9.01. The van der Waals surface area contributed by atoms with Gasteiger partial charge in [0, 0.05) is 6.61 Å². The van der Waals surface area contributed by atoms with E-state index in [4.69, 9.17) is 4.74 Å². The second-order valence-electron chi connectivity index (χ2n) is 3.08. The fraction of sp³-hybridized carbons (Fsp3) is 0.818. The Morgan fingerprint density at radius 1 is 1.08 bits per heavy atom. The highest BCUT2D eigenvalue weighted by atomic mass is 16.5. The summed E-state index contributed by atoms with van der Waals surface area (Å²) in [5, 5.41) is 3.35. The van der Waals surface area contributed by atoms with Gasteiger partial charge in [0.15, 0.2) is 0 Å². The van der Waals surface area contributed by atoms with Gasteiger partial charge in [-0.15, -0.1) is 0 Å². The third-order valence-electron chi connectivity index (χ3n) is 1.64. The largest absolute Gasteiger partial charge is 0.377 e. The average Bonchev–Trinajstić information content (AvgIpc) is 2.16. The van der Waals surface area contributed by atoms with Crippen molar-refractivity contribution >= 4 is 0 Å². The van der Waals surface area contributed by atoms with E-state index in [1.807, 2.05) is 0 Å². The molecule has 0 saturated heterocycles. The van der Waals surface area contributed by atoms with Gasteiger partial charge in [-0.3, -0.25) is 0 Å². The lowest BCUT2D eigenvalue weighted by molar-refractivity contribution is 0.163. The van der Waals surface area contributed by atoms with Crippen LogP contribution < -0.4 is 5.32 Å². The van der Waals surface area contributed by atoms with Crippen molar-refractivity contribution in [1.29, 1.82) is 0 Å². The molecule has 0 amide bonds. The summed E-state index contributed by atoms with van der Waals surface area (Å²) in [6, 6.07) is 0. The van der Waals surface area contributed by atoms with Crippen molar-refractivity contribution < 1.29 is 4.74 Å². The zero-order chi connectivity index (χ0) is 9.78. The summed E-state index contributed by atoms with van der Waals surface area (Å²) in [5.74, 6) is 0. The number of hydrogen-bond donors (Lipinski definition) is 1. The van der Waals surface area contributed by atoms with E-state index >= 15 is 0 Å². The second kappa shape index (κ2) is 11.7. The predicted molar refractivity (Wildman–Crippen MR) is 58.0 cm³/mol. The normalized spacial score (nSPS) is 11.2. The van der Waals surface area contributed by atoms with E-state index in [2.05, 4.69) is 31.3 Å². The predicted octanol–water partition coefficient (Wildman–Crippen LogP) is 2.36. The monoisotopic (exact) mass is 185 g/mol. The molecular formula is C11H23NO. The molecule has 0 radical (unpaired) electrons.